The standard InChI is InChI=1S/C27H30N2O5/c30-25(31)15-29(17-13-14-17)26(32)22-11-5-6-12-24(22)28-27(33)34-16-23-20-9-3-1-7-18(20)19-8-2-4-10-21(19)23/h1-4,7-10,17,22-24H,5-6,11-16H2,(H,28,33)(H,30,31)/t22-,24+/m1/s1. The Labute approximate surface area is 199 Å². The predicted molar refractivity (Wildman–Crippen MR) is 126 cm³/mol. The number of alkyl carbamates (subject to hydrolysis) is 1. The number of hydrogen-bond donors (Lipinski definition) is 2. The van der Waals surface area contributed by atoms with Gasteiger partial charge in [0, 0.05) is 18.0 Å². The van der Waals surface area contributed by atoms with E-state index in [4.69, 9.17) is 4.74 Å². The highest BCUT2D eigenvalue weighted by Crippen LogP contribution is 2.44. The largest absolute Gasteiger partial charge is 0.480 e. The van der Waals surface area contributed by atoms with Crippen LogP contribution in [0.15, 0.2) is 48.5 Å². The molecule has 0 unspecified atom stereocenters. The molecule has 7 heteroatoms. The molecule has 2 aromatic carbocycles. The maximum absolute atomic E-state index is 13.2. The van der Waals surface area contributed by atoms with Crippen molar-refractivity contribution in [3.63, 3.8) is 0 Å². The van der Waals surface area contributed by atoms with Crippen molar-refractivity contribution in [2.24, 2.45) is 5.92 Å². The third kappa shape index (κ3) is 4.52. The Kier molecular flexibility index (Phi) is 6.26. The fourth-order valence-electron chi connectivity index (χ4n) is 5.52. The monoisotopic (exact) mass is 462 g/mol. The number of hydrogen-bond acceptors (Lipinski definition) is 4. The van der Waals surface area contributed by atoms with Crippen LogP contribution in [0.3, 0.4) is 0 Å². The molecule has 0 heterocycles. The number of carboxylic acids is 1. The maximum atomic E-state index is 13.2. The van der Waals surface area contributed by atoms with Crippen LogP contribution in [0, 0.1) is 5.92 Å². The molecule has 3 aliphatic carbocycles. The van der Waals surface area contributed by atoms with Gasteiger partial charge < -0.3 is 20.1 Å². The van der Waals surface area contributed by atoms with E-state index in [1.807, 2.05) is 24.3 Å². The van der Waals surface area contributed by atoms with Gasteiger partial charge in [-0.3, -0.25) is 9.59 Å². The first-order valence-corrected chi connectivity index (χ1v) is 12.2. The highest BCUT2D eigenvalue weighted by Gasteiger charge is 2.41. The Morgan fingerprint density at radius 3 is 2.15 bits per heavy atom. The van der Waals surface area contributed by atoms with E-state index in [2.05, 4.69) is 29.6 Å². The SMILES string of the molecule is O=C(O)CN(C(=O)[C@@H]1CCCC[C@@H]1NC(=O)OCC1c2ccccc2-c2ccccc21)C1CC1. The summed E-state index contributed by atoms with van der Waals surface area (Å²) in [5.74, 6) is -1.59. The number of fused-ring (bicyclic) bond motifs is 3. The topological polar surface area (TPSA) is 95.9 Å². The molecule has 2 atom stereocenters. The third-order valence-electron chi connectivity index (χ3n) is 7.31. The van der Waals surface area contributed by atoms with E-state index in [0.717, 1.165) is 36.8 Å². The second-order valence-electron chi connectivity index (χ2n) is 9.56. The minimum Gasteiger partial charge on any atom is -0.480 e. The van der Waals surface area contributed by atoms with Gasteiger partial charge in [-0.1, -0.05) is 61.4 Å². The van der Waals surface area contributed by atoms with E-state index >= 15 is 0 Å². The van der Waals surface area contributed by atoms with Gasteiger partial charge in [-0.2, -0.15) is 0 Å². The van der Waals surface area contributed by atoms with Gasteiger partial charge >= 0.3 is 12.1 Å². The highest BCUT2D eigenvalue weighted by atomic mass is 16.5. The van der Waals surface area contributed by atoms with Crippen LogP contribution in [0.2, 0.25) is 0 Å². The summed E-state index contributed by atoms with van der Waals surface area (Å²) >= 11 is 0. The van der Waals surface area contributed by atoms with Crippen LogP contribution in [0.5, 0.6) is 0 Å². The minimum atomic E-state index is -1.00. The highest BCUT2D eigenvalue weighted by molar-refractivity contribution is 5.85. The Bertz CT molecular complexity index is 1050. The number of benzene rings is 2. The summed E-state index contributed by atoms with van der Waals surface area (Å²) in [5, 5.41) is 12.2. The van der Waals surface area contributed by atoms with Crippen molar-refractivity contribution < 1.29 is 24.2 Å². The van der Waals surface area contributed by atoms with E-state index in [1.165, 1.54) is 16.0 Å². The van der Waals surface area contributed by atoms with Crippen LogP contribution in [0.4, 0.5) is 4.79 Å². The number of nitrogens with one attached hydrogen (secondary N) is 1. The van der Waals surface area contributed by atoms with Gasteiger partial charge in [-0.25, -0.2) is 4.79 Å². The molecule has 178 valence electrons. The predicted octanol–water partition coefficient (Wildman–Crippen LogP) is 4.16. The van der Waals surface area contributed by atoms with Crippen LogP contribution < -0.4 is 5.32 Å². The van der Waals surface area contributed by atoms with Gasteiger partial charge in [-0.05, 0) is 47.9 Å². The molecule has 2 N–H and O–H groups in total. The Hall–Kier alpha value is -3.35. The van der Waals surface area contributed by atoms with Crippen LogP contribution in [-0.2, 0) is 14.3 Å². The van der Waals surface area contributed by atoms with E-state index < -0.39 is 18.0 Å². The first-order valence-electron chi connectivity index (χ1n) is 12.2. The second-order valence-corrected chi connectivity index (χ2v) is 9.56. The summed E-state index contributed by atoms with van der Waals surface area (Å²) < 4.78 is 5.69. The first kappa shape index (κ1) is 22.4. The van der Waals surface area contributed by atoms with Crippen molar-refractivity contribution in [3.8, 4) is 11.1 Å². The lowest BCUT2D eigenvalue weighted by molar-refractivity contribution is -0.147. The Balaban J connectivity index is 1.24. The molecule has 0 aromatic heterocycles. The number of nitrogens with zero attached hydrogens (tertiary/aromatic N) is 1. The van der Waals surface area contributed by atoms with Gasteiger partial charge in [0.1, 0.15) is 13.2 Å². The van der Waals surface area contributed by atoms with Crippen molar-refractivity contribution in [2.45, 2.75) is 56.5 Å². The lowest BCUT2D eigenvalue weighted by Crippen LogP contribution is -2.51. The summed E-state index contributed by atoms with van der Waals surface area (Å²) in [6, 6.07) is 16.0. The Morgan fingerprint density at radius 1 is 0.912 bits per heavy atom. The van der Waals surface area contributed by atoms with Gasteiger partial charge in [-0.15, -0.1) is 0 Å². The van der Waals surface area contributed by atoms with Crippen molar-refractivity contribution in [3.05, 3.63) is 59.7 Å². The fourth-order valence-corrected chi connectivity index (χ4v) is 5.52. The average molecular weight is 463 g/mol. The molecule has 34 heavy (non-hydrogen) atoms. The zero-order chi connectivity index (χ0) is 23.7. The molecule has 7 nitrogen and oxygen atoms in total. The van der Waals surface area contributed by atoms with Crippen molar-refractivity contribution in [1.82, 2.24) is 10.2 Å². The van der Waals surface area contributed by atoms with Crippen LogP contribution in [-0.4, -0.2) is 53.2 Å². The smallest absolute Gasteiger partial charge is 0.407 e. The summed E-state index contributed by atoms with van der Waals surface area (Å²) in [6.45, 7) is -0.0595. The number of carbonyl (C=O) groups is 3. The number of carbonyl (C=O) groups excluding carboxylic acids is 2. The molecule has 0 bridgehead atoms. The summed E-state index contributed by atoms with van der Waals surface area (Å²) in [4.78, 5) is 38.8. The zero-order valence-corrected chi connectivity index (χ0v) is 19.1. The van der Waals surface area contributed by atoms with Crippen molar-refractivity contribution in [2.75, 3.05) is 13.2 Å². The number of aliphatic carboxylic acids is 1. The molecule has 0 spiro atoms. The van der Waals surface area contributed by atoms with E-state index in [-0.39, 0.29) is 37.1 Å². The molecule has 0 saturated heterocycles. The molecular formula is C27H30N2O5. The van der Waals surface area contributed by atoms with Crippen LogP contribution in [0.25, 0.3) is 11.1 Å². The molecule has 5 rings (SSSR count). The lowest BCUT2D eigenvalue weighted by Gasteiger charge is -2.34. The number of rotatable bonds is 7. The fraction of sp³-hybridized carbons (Fsp3) is 0.444. The summed E-state index contributed by atoms with van der Waals surface area (Å²) in [5.41, 5.74) is 4.64. The average Bonchev–Trinajstić information content (AvgIpc) is 3.64. The molecule has 0 aliphatic heterocycles. The maximum Gasteiger partial charge on any atom is 0.407 e. The minimum absolute atomic E-state index is 0.0145. The molecule has 0 radical (unpaired) electrons. The van der Waals surface area contributed by atoms with Gasteiger partial charge in [0.2, 0.25) is 5.91 Å². The lowest BCUT2D eigenvalue weighted by atomic mass is 9.83. The normalized spacial score (nSPS) is 21.3. The van der Waals surface area contributed by atoms with Crippen LogP contribution >= 0.6 is 0 Å². The summed E-state index contributed by atoms with van der Waals surface area (Å²) in [6.07, 6.45) is 4.31. The first-order chi connectivity index (χ1) is 16.5. The van der Waals surface area contributed by atoms with Crippen molar-refractivity contribution in [1.29, 1.82) is 0 Å². The zero-order valence-electron chi connectivity index (χ0n) is 19.1. The molecule has 2 saturated carbocycles. The summed E-state index contributed by atoms with van der Waals surface area (Å²) in [7, 11) is 0. The molecule has 2 amide bonds. The van der Waals surface area contributed by atoms with E-state index in [0.29, 0.717) is 12.8 Å². The third-order valence-corrected chi connectivity index (χ3v) is 7.31. The molecule has 2 aromatic rings. The van der Waals surface area contributed by atoms with E-state index in [9.17, 15) is 19.5 Å². The molecule has 2 fully saturated rings. The number of amides is 2. The Morgan fingerprint density at radius 2 is 1.53 bits per heavy atom. The second kappa shape index (κ2) is 9.49. The molecule has 3 aliphatic rings. The van der Waals surface area contributed by atoms with E-state index in [1.54, 1.807) is 0 Å². The number of ether oxygens (including phenoxy) is 1. The van der Waals surface area contributed by atoms with Gasteiger partial charge in [0.25, 0.3) is 0 Å². The van der Waals surface area contributed by atoms with Crippen LogP contribution in [0.1, 0.15) is 55.6 Å². The van der Waals surface area contributed by atoms with Gasteiger partial charge in [0.15, 0.2) is 0 Å². The number of carboxylic acid groups (broad SMARTS) is 1. The van der Waals surface area contributed by atoms with Crippen molar-refractivity contribution >= 4 is 18.0 Å². The molecular weight excluding hydrogens is 432 g/mol. The van der Waals surface area contributed by atoms with Gasteiger partial charge in [0.05, 0.1) is 5.92 Å². The quantitative estimate of drug-likeness (QED) is 0.644.